The summed E-state index contributed by atoms with van der Waals surface area (Å²) in [6.45, 7) is 17.3. The number of hydrogen-bond donors (Lipinski definition) is 5. The normalized spacial score (nSPS) is 35.5. The van der Waals surface area contributed by atoms with Gasteiger partial charge in [0.15, 0.2) is 5.75 Å². The third-order valence-electron chi connectivity index (χ3n) is 13.4. The minimum Gasteiger partial charge on any atom is -0.507 e. The molecule has 326 valence electrons. The second kappa shape index (κ2) is 16.9. The predicted molar refractivity (Wildman–Crippen MR) is 224 cm³/mol. The molecule has 1 amide bonds. The number of benzene rings is 2. The highest BCUT2D eigenvalue weighted by molar-refractivity contribution is 6.21. The van der Waals surface area contributed by atoms with E-state index in [9.17, 15) is 34.8 Å². The fourth-order valence-electron chi connectivity index (χ4n) is 9.40. The van der Waals surface area contributed by atoms with Crippen molar-refractivity contribution in [3.63, 3.8) is 0 Å². The largest absolute Gasteiger partial charge is 0.507 e. The van der Waals surface area contributed by atoms with E-state index < -0.39 is 82.9 Å². The Morgan fingerprint density at radius 2 is 1.62 bits per heavy atom. The van der Waals surface area contributed by atoms with E-state index in [1.54, 1.807) is 65.8 Å². The maximum atomic E-state index is 14.7. The Labute approximate surface area is 351 Å². The summed E-state index contributed by atoms with van der Waals surface area (Å²) in [5.41, 5.74) is -0.0390. The lowest BCUT2D eigenvalue weighted by Crippen LogP contribution is -2.46. The van der Waals surface area contributed by atoms with Gasteiger partial charge in [-0.15, -0.1) is 0 Å². The van der Waals surface area contributed by atoms with Gasteiger partial charge in [0.05, 0.1) is 41.2 Å². The molecular formula is C46H61N3O11. The summed E-state index contributed by atoms with van der Waals surface area (Å²) < 4.78 is 24.0. The first-order valence-electron chi connectivity index (χ1n) is 21.0. The van der Waals surface area contributed by atoms with Gasteiger partial charge in [-0.25, -0.2) is 4.99 Å². The van der Waals surface area contributed by atoms with Crippen molar-refractivity contribution in [2.75, 3.05) is 12.4 Å². The van der Waals surface area contributed by atoms with Crippen LogP contribution in [-0.4, -0.2) is 81.1 Å². The number of ether oxygens (including phenoxy) is 4. The van der Waals surface area contributed by atoms with Crippen LogP contribution < -0.4 is 20.8 Å². The van der Waals surface area contributed by atoms with Gasteiger partial charge < -0.3 is 44.7 Å². The van der Waals surface area contributed by atoms with Gasteiger partial charge in [0, 0.05) is 61.2 Å². The minimum absolute atomic E-state index is 0.0607. The Balaban J connectivity index is 1.56. The molecule has 1 fully saturated rings. The number of phenols is 2. The molecule has 4 bridgehead atoms. The number of methoxy groups -OCH3 is 1. The van der Waals surface area contributed by atoms with Crippen LogP contribution in [0.3, 0.4) is 0 Å². The van der Waals surface area contributed by atoms with Gasteiger partial charge >= 0.3 is 11.8 Å². The number of aliphatic hydroxyl groups excluding tert-OH is 2. The number of esters is 1. The molecule has 0 radical (unpaired) electrons. The van der Waals surface area contributed by atoms with Crippen LogP contribution in [0.25, 0.3) is 10.8 Å². The molecule has 1 aliphatic carbocycles. The molecule has 1 saturated carbocycles. The summed E-state index contributed by atoms with van der Waals surface area (Å²) in [5, 5.41) is 50.5. The van der Waals surface area contributed by atoms with E-state index in [-0.39, 0.29) is 49.7 Å². The smallest absolute Gasteiger partial charge is 0.312 e. The number of hydrogen-bond acceptors (Lipinski definition) is 13. The molecule has 0 aromatic heterocycles. The quantitative estimate of drug-likeness (QED) is 0.183. The maximum Gasteiger partial charge on any atom is 0.312 e. The van der Waals surface area contributed by atoms with Crippen molar-refractivity contribution >= 4 is 34.1 Å². The number of phenolic OH excluding ortho intramolecular Hbond substituents is 2. The molecular weight excluding hydrogens is 771 g/mol. The van der Waals surface area contributed by atoms with Crippen LogP contribution in [0.5, 0.6) is 17.2 Å². The molecule has 60 heavy (non-hydrogen) atoms. The highest BCUT2D eigenvalue weighted by Crippen LogP contribution is 2.52. The Morgan fingerprint density at radius 3 is 2.23 bits per heavy atom. The average molecular weight is 832 g/mol. The number of aromatic hydroxyl groups is 2. The summed E-state index contributed by atoms with van der Waals surface area (Å²) in [4.78, 5) is 50.5. The summed E-state index contributed by atoms with van der Waals surface area (Å²) in [7, 11) is 1.47. The van der Waals surface area contributed by atoms with Crippen LogP contribution in [0.1, 0.15) is 104 Å². The van der Waals surface area contributed by atoms with E-state index in [1.807, 2.05) is 0 Å². The zero-order chi connectivity index (χ0) is 44.2. The molecule has 2 aromatic carbocycles. The number of aliphatic hydroxyl groups is 2. The summed E-state index contributed by atoms with van der Waals surface area (Å²) in [5.74, 6) is -6.02. The third kappa shape index (κ3) is 7.93. The molecule has 0 unspecified atom stereocenters. The fourth-order valence-corrected chi connectivity index (χ4v) is 9.40. The lowest BCUT2D eigenvalue weighted by molar-refractivity contribution is -0.160. The predicted octanol–water partition coefficient (Wildman–Crippen LogP) is 5.84. The molecule has 14 nitrogen and oxygen atoms in total. The number of nitrogens with one attached hydrogen (secondary N) is 1. The minimum atomic E-state index is -1.94. The fraction of sp³-hybridized carbons (Fsp3) is 0.587. The van der Waals surface area contributed by atoms with Crippen molar-refractivity contribution < 1.29 is 53.8 Å². The molecule has 5 N–H and O–H groups in total. The number of nitrogens with zero attached hydrogens (tertiary/aromatic N) is 2. The zero-order valence-electron chi connectivity index (χ0n) is 36.5. The summed E-state index contributed by atoms with van der Waals surface area (Å²) >= 11 is 0. The zero-order valence-corrected chi connectivity index (χ0v) is 36.5. The standard InChI is InChI=1S/C46H61N3O11/c1-21(2)29-15-18-46(19-16-29)48-34-31-32-39(53)27(8)42-33(31)43(55)45(10,60-42)58-20-17-30(57-11)24(5)41(59-28(9)50)26(7)38(52)25(6)37(51)22(3)13-12-14-23(4)44(56)47-36(40(32)54)35(34)49-46/h12-14,17,20-22,24-26,29-30,37-38,41,48,51-54H,15-16,18-19H2,1-11H3/b13-12+,20-17+,23-14+,47-36?/t22-,24+,25+,26+,29?,30-,37-,38+,41+,45-,46?/m0/s1. The van der Waals surface area contributed by atoms with E-state index in [4.69, 9.17) is 23.9 Å². The molecule has 4 aliphatic rings. The first-order valence-corrected chi connectivity index (χ1v) is 21.0. The Bertz CT molecular complexity index is 2270. The van der Waals surface area contributed by atoms with Gasteiger partial charge in [-0.1, -0.05) is 59.8 Å². The van der Waals surface area contributed by atoms with E-state index in [0.717, 1.165) is 12.8 Å². The number of carbonyl (C=O) groups excluding carboxylic acids is 3. The van der Waals surface area contributed by atoms with E-state index >= 15 is 0 Å². The average Bonchev–Trinajstić information content (AvgIpc) is 3.70. The van der Waals surface area contributed by atoms with Crippen molar-refractivity contribution in [3.8, 4) is 17.2 Å². The van der Waals surface area contributed by atoms with Crippen molar-refractivity contribution in [2.45, 2.75) is 131 Å². The van der Waals surface area contributed by atoms with Crippen molar-refractivity contribution in [1.82, 2.24) is 0 Å². The first-order chi connectivity index (χ1) is 28.2. The number of allylic oxidation sites excluding steroid dienone is 2. The van der Waals surface area contributed by atoms with Crippen LogP contribution >= 0.6 is 0 Å². The monoisotopic (exact) mass is 831 g/mol. The molecule has 9 atom stereocenters. The van der Waals surface area contributed by atoms with Gasteiger partial charge in [-0.05, 0) is 57.4 Å². The SMILES string of the molecule is CO[C@H]1/C=C/O[C@@]2(C)Oc3c(C)c(O)c4c(O)c(c5c(c4c3C2=O)NC2(CCC(C(C)C)CC2)N=5)=NC(=O)/C(C)=C/C=C/[C@H](C)[C@H](O)[C@@H](C)[C@@H](O)[C@@H](C)[C@H](OC(C)=O)[C@@H]1C. The van der Waals surface area contributed by atoms with E-state index in [0.29, 0.717) is 30.4 Å². The second-order valence-corrected chi connectivity index (χ2v) is 17.9. The number of carbonyl (C=O) groups is 3. The number of fused-ring (bicyclic) bond motifs is 1. The van der Waals surface area contributed by atoms with Crippen molar-refractivity contribution in [1.29, 1.82) is 0 Å². The number of Topliss-reactive ketones (excluding diaryl/α,β-unsaturated/α-hetero) is 1. The topological polar surface area (TPSA) is 206 Å². The lowest BCUT2D eigenvalue weighted by Gasteiger charge is -2.38. The Hall–Kier alpha value is -4.79. The van der Waals surface area contributed by atoms with Gasteiger partial charge in [-0.2, -0.15) is 0 Å². The number of anilines is 1. The van der Waals surface area contributed by atoms with Crippen LogP contribution in [-0.2, 0) is 23.8 Å². The van der Waals surface area contributed by atoms with E-state index in [2.05, 4.69) is 24.2 Å². The maximum absolute atomic E-state index is 14.7. The van der Waals surface area contributed by atoms with Crippen LogP contribution in [0.4, 0.5) is 5.69 Å². The highest BCUT2D eigenvalue weighted by atomic mass is 16.7. The summed E-state index contributed by atoms with van der Waals surface area (Å²) in [6, 6.07) is 0. The number of amides is 1. The first kappa shape index (κ1) is 44.8. The number of ketones is 1. The lowest BCUT2D eigenvalue weighted by atomic mass is 9.77. The molecule has 3 heterocycles. The van der Waals surface area contributed by atoms with Crippen LogP contribution in [0.2, 0.25) is 0 Å². The van der Waals surface area contributed by atoms with Gasteiger partial charge in [-0.3, -0.25) is 19.4 Å². The highest BCUT2D eigenvalue weighted by Gasteiger charge is 2.51. The van der Waals surface area contributed by atoms with Crippen LogP contribution in [0.15, 0.2) is 46.1 Å². The number of rotatable bonds is 3. The molecule has 6 rings (SSSR count). The molecule has 14 heteroatoms. The van der Waals surface area contributed by atoms with Crippen molar-refractivity contribution in [2.24, 2.45) is 45.5 Å². The van der Waals surface area contributed by atoms with Gasteiger partial charge in [0.1, 0.15) is 34.0 Å². The second-order valence-electron chi connectivity index (χ2n) is 17.9. The Kier molecular flexibility index (Phi) is 12.6. The van der Waals surface area contributed by atoms with Crippen LogP contribution in [0, 0.1) is 42.4 Å². The molecule has 3 aliphatic heterocycles. The van der Waals surface area contributed by atoms with Gasteiger partial charge in [0.25, 0.3) is 11.7 Å². The molecule has 0 saturated heterocycles. The molecule has 1 spiro atoms. The third-order valence-corrected chi connectivity index (χ3v) is 13.4. The van der Waals surface area contributed by atoms with Crippen molar-refractivity contribution in [3.05, 3.63) is 58.0 Å². The van der Waals surface area contributed by atoms with E-state index in [1.165, 1.54) is 27.2 Å². The Morgan fingerprint density at radius 1 is 0.950 bits per heavy atom. The summed E-state index contributed by atoms with van der Waals surface area (Å²) in [6.07, 6.45) is 6.98. The van der Waals surface area contributed by atoms with Gasteiger partial charge in [0.2, 0.25) is 0 Å². The molecule has 2 aromatic rings.